The molecule has 1 amide bonds. The van der Waals surface area contributed by atoms with Gasteiger partial charge in [-0.3, -0.25) is 14.5 Å². The van der Waals surface area contributed by atoms with E-state index in [-0.39, 0.29) is 17.9 Å². The van der Waals surface area contributed by atoms with Gasteiger partial charge in [0.25, 0.3) is 0 Å². The Balaban J connectivity index is 1.64. The highest BCUT2D eigenvalue weighted by Crippen LogP contribution is 2.41. The molecule has 0 aromatic heterocycles. The van der Waals surface area contributed by atoms with E-state index in [9.17, 15) is 9.59 Å². The molecular formula is C14H22N2O3. The third-order valence-corrected chi connectivity index (χ3v) is 4.90. The number of carboxylic acids is 1. The summed E-state index contributed by atoms with van der Waals surface area (Å²) in [6, 6.07) is 0.716. The van der Waals surface area contributed by atoms with Gasteiger partial charge < -0.3 is 10.0 Å². The lowest BCUT2D eigenvalue weighted by atomic mass is 9.96. The summed E-state index contributed by atoms with van der Waals surface area (Å²) in [5.41, 5.74) is 0. The molecule has 1 saturated carbocycles. The molecule has 1 aliphatic carbocycles. The molecule has 5 nitrogen and oxygen atoms in total. The summed E-state index contributed by atoms with van der Waals surface area (Å²) in [6.07, 6.45) is 4.22. The zero-order valence-electron chi connectivity index (χ0n) is 11.4. The number of hydrogen-bond acceptors (Lipinski definition) is 3. The van der Waals surface area contributed by atoms with Crippen molar-refractivity contribution in [2.75, 3.05) is 19.6 Å². The van der Waals surface area contributed by atoms with Crippen molar-refractivity contribution in [3.05, 3.63) is 0 Å². The van der Waals surface area contributed by atoms with Gasteiger partial charge >= 0.3 is 5.97 Å². The first kappa shape index (κ1) is 12.9. The SMILES string of the molecule is CC1CN2CCCCC2CN1C(=O)C1CC1C(=O)O. The number of piperidine rings is 1. The monoisotopic (exact) mass is 266 g/mol. The van der Waals surface area contributed by atoms with Crippen molar-refractivity contribution in [1.29, 1.82) is 0 Å². The van der Waals surface area contributed by atoms with Crippen LogP contribution in [0.1, 0.15) is 32.6 Å². The normalized spacial score (nSPS) is 38.7. The van der Waals surface area contributed by atoms with Gasteiger partial charge in [-0.05, 0) is 32.7 Å². The molecule has 19 heavy (non-hydrogen) atoms. The Morgan fingerprint density at radius 1 is 1.16 bits per heavy atom. The third-order valence-electron chi connectivity index (χ3n) is 4.90. The number of carbonyl (C=O) groups excluding carboxylic acids is 1. The summed E-state index contributed by atoms with van der Waals surface area (Å²) < 4.78 is 0. The molecule has 3 fully saturated rings. The van der Waals surface area contributed by atoms with Crippen molar-refractivity contribution in [3.63, 3.8) is 0 Å². The molecule has 0 aromatic carbocycles. The molecule has 2 aliphatic heterocycles. The van der Waals surface area contributed by atoms with E-state index in [0.717, 1.165) is 19.6 Å². The first-order chi connectivity index (χ1) is 9.08. The minimum atomic E-state index is -0.817. The Bertz CT molecular complexity index is 398. The van der Waals surface area contributed by atoms with E-state index in [1.54, 1.807) is 0 Å². The van der Waals surface area contributed by atoms with Crippen LogP contribution in [0, 0.1) is 11.8 Å². The standard InChI is InChI=1S/C14H22N2O3/c1-9-7-15-5-3-2-4-10(15)8-16(9)13(17)11-6-12(11)14(18)19/h9-12H,2-8H2,1H3,(H,18,19). The van der Waals surface area contributed by atoms with E-state index >= 15 is 0 Å². The lowest BCUT2D eigenvalue weighted by Crippen LogP contribution is -2.60. The molecule has 5 heteroatoms. The van der Waals surface area contributed by atoms with Gasteiger partial charge in [-0.1, -0.05) is 6.42 Å². The van der Waals surface area contributed by atoms with Gasteiger partial charge in [-0.2, -0.15) is 0 Å². The molecule has 0 spiro atoms. The number of aliphatic carboxylic acids is 1. The van der Waals surface area contributed by atoms with Gasteiger partial charge in [0, 0.05) is 25.2 Å². The van der Waals surface area contributed by atoms with Crippen LogP contribution in [0.5, 0.6) is 0 Å². The lowest BCUT2D eigenvalue weighted by Gasteiger charge is -2.47. The van der Waals surface area contributed by atoms with Gasteiger partial charge in [0.05, 0.1) is 11.8 Å². The van der Waals surface area contributed by atoms with E-state index in [1.165, 1.54) is 19.3 Å². The van der Waals surface area contributed by atoms with E-state index in [4.69, 9.17) is 5.11 Å². The Morgan fingerprint density at radius 2 is 1.95 bits per heavy atom. The molecule has 4 unspecified atom stereocenters. The zero-order chi connectivity index (χ0) is 13.6. The van der Waals surface area contributed by atoms with E-state index in [0.29, 0.717) is 12.5 Å². The fourth-order valence-electron chi connectivity index (χ4n) is 3.61. The van der Waals surface area contributed by atoms with Crippen LogP contribution < -0.4 is 0 Å². The van der Waals surface area contributed by atoms with Crippen LogP contribution in [0.15, 0.2) is 0 Å². The van der Waals surface area contributed by atoms with Crippen LogP contribution in [0.3, 0.4) is 0 Å². The second-order valence-electron chi connectivity index (χ2n) is 6.27. The largest absolute Gasteiger partial charge is 0.481 e. The molecule has 0 bridgehead atoms. The minimum absolute atomic E-state index is 0.0742. The van der Waals surface area contributed by atoms with Gasteiger partial charge in [-0.25, -0.2) is 0 Å². The number of piperazine rings is 1. The van der Waals surface area contributed by atoms with Gasteiger partial charge in [0.15, 0.2) is 0 Å². The van der Waals surface area contributed by atoms with Gasteiger partial charge in [0.1, 0.15) is 0 Å². The molecular weight excluding hydrogens is 244 g/mol. The van der Waals surface area contributed by atoms with Crippen molar-refractivity contribution in [1.82, 2.24) is 9.80 Å². The second-order valence-corrected chi connectivity index (χ2v) is 6.27. The van der Waals surface area contributed by atoms with Crippen LogP contribution in [-0.4, -0.2) is 58.5 Å². The molecule has 0 radical (unpaired) electrons. The minimum Gasteiger partial charge on any atom is -0.481 e. The van der Waals surface area contributed by atoms with Crippen molar-refractivity contribution < 1.29 is 14.7 Å². The maximum absolute atomic E-state index is 12.4. The van der Waals surface area contributed by atoms with Gasteiger partial charge in [-0.15, -0.1) is 0 Å². The summed E-state index contributed by atoms with van der Waals surface area (Å²) in [6.45, 7) is 4.97. The number of rotatable bonds is 2. The van der Waals surface area contributed by atoms with Crippen LogP contribution in [0.25, 0.3) is 0 Å². The molecule has 2 saturated heterocycles. The summed E-state index contributed by atoms with van der Waals surface area (Å²) >= 11 is 0. The summed E-state index contributed by atoms with van der Waals surface area (Å²) in [4.78, 5) is 27.7. The number of fused-ring (bicyclic) bond motifs is 1. The van der Waals surface area contributed by atoms with E-state index in [2.05, 4.69) is 11.8 Å². The molecule has 1 N–H and O–H groups in total. The number of nitrogens with zero attached hydrogens (tertiary/aromatic N) is 2. The predicted molar refractivity (Wildman–Crippen MR) is 69.6 cm³/mol. The van der Waals surface area contributed by atoms with E-state index in [1.807, 2.05) is 4.90 Å². The smallest absolute Gasteiger partial charge is 0.307 e. The molecule has 3 aliphatic rings. The Labute approximate surface area is 113 Å². The first-order valence-electron chi connectivity index (χ1n) is 7.35. The fraction of sp³-hybridized carbons (Fsp3) is 0.857. The second kappa shape index (κ2) is 4.78. The molecule has 3 rings (SSSR count). The summed E-state index contributed by atoms with van der Waals surface area (Å²) in [5.74, 6) is -1.42. The molecule has 4 atom stereocenters. The maximum Gasteiger partial charge on any atom is 0.307 e. The average Bonchev–Trinajstić information content (AvgIpc) is 3.17. The Morgan fingerprint density at radius 3 is 2.63 bits per heavy atom. The third kappa shape index (κ3) is 2.36. The predicted octanol–water partition coefficient (Wildman–Crippen LogP) is 0.792. The van der Waals surface area contributed by atoms with Crippen molar-refractivity contribution in [2.24, 2.45) is 11.8 Å². The van der Waals surface area contributed by atoms with Crippen LogP contribution in [-0.2, 0) is 9.59 Å². The first-order valence-corrected chi connectivity index (χ1v) is 7.35. The van der Waals surface area contributed by atoms with Crippen LogP contribution >= 0.6 is 0 Å². The topological polar surface area (TPSA) is 60.9 Å². The highest BCUT2D eigenvalue weighted by atomic mass is 16.4. The summed E-state index contributed by atoms with van der Waals surface area (Å²) in [7, 11) is 0. The van der Waals surface area contributed by atoms with E-state index < -0.39 is 11.9 Å². The Hall–Kier alpha value is -1.10. The number of hydrogen-bond donors (Lipinski definition) is 1. The van der Waals surface area contributed by atoms with Crippen molar-refractivity contribution >= 4 is 11.9 Å². The number of carbonyl (C=O) groups is 2. The summed E-state index contributed by atoms with van der Waals surface area (Å²) in [5, 5.41) is 8.95. The molecule has 106 valence electrons. The van der Waals surface area contributed by atoms with Crippen molar-refractivity contribution in [2.45, 2.75) is 44.7 Å². The number of amides is 1. The number of carboxylic acid groups (broad SMARTS) is 1. The fourth-order valence-corrected chi connectivity index (χ4v) is 3.61. The van der Waals surface area contributed by atoms with Gasteiger partial charge in [0.2, 0.25) is 5.91 Å². The highest BCUT2D eigenvalue weighted by molar-refractivity contribution is 5.89. The van der Waals surface area contributed by atoms with Crippen LogP contribution in [0.4, 0.5) is 0 Å². The lowest BCUT2D eigenvalue weighted by molar-refractivity contribution is -0.144. The molecule has 0 aromatic rings. The quantitative estimate of drug-likeness (QED) is 0.803. The Kier molecular flexibility index (Phi) is 3.25. The average molecular weight is 266 g/mol. The highest BCUT2D eigenvalue weighted by Gasteiger charge is 2.51. The van der Waals surface area contributed by atoms with Crippen LogP contribution in [0.2, 0.25) is 0 Å². The maximum atomic E-state index is 12.4. The molecule has 2 heterocycles. The van der Waals surface area contributed by atoms with Crippen molar-refractivity contribution in [3.8, 4) is 0 Å². The zero-order valence-corrected chi connectivity index (χ0v) is 11.4.